The lowest BCUT2D eigenvalue weighted by atomic mass is 10.1. The zero-order valence-corrected chi connectivity index (χ0v) is 10.2. The molecule has 1 aromatic rings. The van der Waals surface area contributed by atoms with Crippen LogP contribution in [-0.2, 0) is 0 Å². The maximum atomic E-state index is 9.66. The summed E-state index contributed by atoms with van der Waals surface area (Å²) in [5, 5.41) is 18.8. The van der Waals surface area contributed by atoms with Gasteiger partial charge in [0.05, 0.1) is 23.7 Å². The Labute approximate surface area is 102 Å². The minimum atomic E-state index is -0.465. The van der Waals surface area contributed by atoms with Gasteiger partial charge in [-0.05, 0) is 25.0 Å². The van der Waals surface area contributed by atoms with Crippen LogP contribution in [0.3, 0.4) is 0 Å². The van der Waals surface area contributed by atoms with Gasteiger partial charge >= 0.3 is 0 Å². The molecular weight excluding hydrogens is 216 g/mol. The molecule has 2 heterocycles. The van der Waals surface area contributed by atoms with Gasteiger partial charge in [-0.15, -0.1) is 0 Å². The molecule has 0 radical (unpaired) electrons. The first-order valence-electron chi connectivity index (χ1n) is 6.24. The molecule has 2 rings (SSSR count). The summed E-state index contributed by atoms with van der Waals surface area (Å²) in [7, 11) is 0. The van der Waals surface area contributed by atoms with Crippen LogP contribution in [0.2, 0.25) is 0 Å². The minimum absolute atomic E-state index is 0.260. The molecule has 17 heavy (non-hydrogen) atoms. The summed E-state index contributed by atoms with van der Waals surface area (Å²) < 4.78 is 0. The zero-order valence-electron chi connectivity index (χ0n) is 10.2. The van der Waals surface area contributed by atoms with E-state index in [2.05, 4.69) is 9.88 Å². The fraction of sp³-hybridized carbons (Fsp3) is 0.615. The number of pyridine rings is 1. The molecule has 0 aliphatic carbocycles. The van der Waals surface area contributed by atoms with Crippen LogP contribution >= 0.6 is 0 Å². The van der Waals surface area contributed by atoms with Crippen LogP contribution in [0.4, 0.5) is 5.69 Å². The van der Waals surface area contributed by atoms with Crippen LogP contribution < -0.4 is 4.90 Å². The predicted molar refractivity (Wildman–Crippen MR) is 66.9 cm³/mol. The van der Waals surface area contributed by atoms with Crippen LogP contribution in [-0.4, -0.2) is 34.9 Å². The molecule has 0 saturated carbocycles. The van der Waals surface area contributed by atoms with Gasteiger partial charge in [0, 0.05) is 25.6 Å². The van der Waals surface area contributed by atoms with Gasteiger partial charge in [0.25, 0.3) is 0 Å². The number of hydrogen-bond donors (Lipinski definition) is 2. The van der Waals surface area contributed by atoms with Crippen LogP contribution in [0.5, 0.6) is 0 Å². The monoisotopic (exact) mass is 236 g/mol. The average Bonchev–Trinajstić information content (AvgIpc) is 2.87. The summed E-state index contributed by atoms with van der Waals surface area (Å²) in [6, 6.07) is 3.89. The molecule has 0 bridgehead atoms. The number of nitrogens with zero attached hydrogens (tertiary/aromatic N) is 2. The highest BCUT2D eigenvalue weighted by Gasteiger charge is 2.22. The van der Waals surface area contributed by atoms with Crippen molar-refractivity contribution in [1.82, 2.24) is 4.98 Å². The van der Waals surface area contributed by atoms with Gasteiger partial charge < -0.3 is 15.1 Å². The van der Waals surface area contributed by atoms with E-state index < -0.39 is 6.10 Å². The molecule has 0 aromatic carbocycles. The van der Waals surface area contributed by atoms with E-state index >= 15 is 0 Å². The lowest BCUT2D eigenvalue weighted by Crippen LogP contribution is -2.20. The molecule has 0 spiro atoms. The van der Waals surface area contributed by atoms with Crippen molar-refractivity contribution in [3.05, 3.63) is 24.0 Å². The van der Waals surface area contributed by atoms with E-state index in [0.717, 1.165) is 30.9 Å². The quantitative estimate of drug-likeness (QED) is 0.828. The van der Waals surface area contributed by atoms with Gasteiger partial charge in [0.1, 0.15) is 0 Å². The highest BCUT2D eigenvalue weighted by atomic mass is 16.3. The van der Waals surface area contributed by atoms with Crippen LogP contribution in [0.15, 0.2) is 18.3 Å². The standard InChI is InChI=1S/C13H20N2O2/c1-2-13(17)12-4-3-11(7-14-12)15-6-5-10(8-15)9-16/h3-4,7,10,13,16-17H,2,5-6,8-9H2,1H3/t10?,13-/m1/s1. The van der Waals surface area contributed by atoms with Gasteiger partial charge in [-0.1, -0.05) is 6.92 Å². The van der Waals surface area contributed by atoms with Crippen molar-refractivity contribution in [3.8, 4) is 0 Å². The number of rotatable bonds is 4. The molecule has 1 unspecified atom stereocenters. The molecule has 2 atom stereocenters. The third-order valence-corrected chi connectivity index (χ3v) is 3.41. The molecule has 0 amide bonds. The van der Waals surface area contributed by atoms with Crippen LogP contribution in [0.1, 0.15) is 31.6 Å². The molecule has 1 aliphatic rings. The zero-order chi connectivity index (χ0) is 12.3. The second-order valence-corrected chi connectivity index (χ2v) is 4.65. The molecule has 94 valence electrons. The SMILES string of the molecule is CC[C@@H](O)c1ccc(N2CCC(CO)C2)cn1. The van der Waals surface area contributed by atoms with Crippen molar-refractivity contribution in [1.29, 1.82) is 0 Å². The first-order chi connectivity index (χ1) is 8.24. The lowest BCUT2D eigenvalue weighted by Gasteiger charge is -2.18. The number of anilines is 1. The fourth-order valence-electron chi connectivity index (χ4n) is 2.21. The Kier molecular flexibility index (Phi) is 3.97. The second kappa shape index (κ2) is 5.47. The van der Waals surface area contributed by atoms with Crippen molar-refractivity contribution in [2.75, 3.05) is 24.6 Å². The van der Waals surface area contributed by atoms with E-state index in [4.69, 9.17) is 5.11 Å². The topological polar surface area (TPSA) is 56.6 Å². The molecule has 2 N–H and O–H groups in total. The largest absolute Gasteiger partial charge is 0.396 e. The number of hydrogen-bond acceptors (Lipinski definition) is 4. The van der Waals surface area contributed by atoms with E-state index in [1.54, 1.807) is 0 Å². The van der Waals surface area contributed by atoms with E-state index in [-0.39, 0.29) is 6.61 Å². The predicted octanol–water partition coefficient (Wildman–Crippen LogP) is 1.34. The van der Waals surface area contributed by atoms with E-state index in [1.165, 1.54) is 0 Å². The van der Waals surface area contributed by atoms with Crippen LogP contribution in [0.25, 0.3) is 0 Å². The van der Waals surface area contributed by atoms with Gasteiger partial charge in [-0.2, -0.15) is 0 Å². The average molecular weight is 236 g/mol. The van der Waals surface area contributed by atoms with Crippen molar-refractivity contribution in [2.45, 2.75) is 25.9 Å². The molecule has 4 nitrogen and oxygen atoms in total. The Morgan fingerprint density at radius 3 is 2.88 bits per heavy atom. The maximum Gasteiger partial charge on any atom is 0.0957 e. The van der Waals surface area contributed by atoms with E-state index in [9.17, 15) is 5.11 Å². The van der Waals surface area contributed by atoms with Crippen molar-refractivity contribution >= 4 is 5.69 Å². The Hall–Kier alpha value is -1.13. The highest BCUT2D eigenvalue weighted by Crippen LogP contribution is 2.24. The molecule has 1 aromatic heterocycles. The van der Waals surface area contributed by atoms with Crippen molar-refractivity contribution in [3.63, 3.8) is 0 Å². The smallest absolute Gasteiger partial charge is 0.0957 e. The molecule has 1 saturated heterocycles. The second-order valence-electron chi connectivity index (χ2n) is 4.65. The Balaban J connectivity index is 2.03. The third-order valence-electron chi connectivity index (χ3n) is 3.41. The molecule has 4 heteroatoms. The minimum Gasteiger partial charge on any atom is -0.396 e. The summed E-state index contributed by atoms with van der Waals surface area (Å²) in [5.74, 6) is 0.385. The van der Waals surface area contributed by atoms with Gasteiger partial charge in [-0.25, -0.2) is 0 Å². The normalized spacial score (nSPS) is 21.8. The lowest BCUT2D eigenvalue weighted by molar-refractivity contribution is 0.169. The Morgan fingerprint density at radius 1 is 1.53 bits per heavy atom. The van der Waals surface area contributed by atoms with Crippen molar-refractivity contribution in [2.24, 2.45) is 5.92 Å². The summed E-state index contributed by atoms with van der Waals surface area (Å²) in [5.41, 5.74) is 1.81. The number of aliphatic hydroxyl groups excluding tert-OH is 2. The summed E-state index contributed by atoms with van der Waals surface area (Å²) >= 11 is 0. The van der Waals surface area contributed by atoms with E-state index in [1.807, 2.05) is 25.3 Å². The Morgan fingerprint density at radius 2 is 2.35 bits per heavy atom. The third kappa shape index (κ3) is 2.76. The molecule has 1 fully saturated rings. The van der Waals surface area contributed by atoms with Gasteiger partial charge in [-0.3, -0.25) is 4.98 Å². The Bertz CT molecular complexity index is 353. The summed E-state index contributed by atoms with van der Waals surface area (Å²) in [6.45, 7) is 4.07. The first-order valence-corrected chi connectivity index (χ1v) is 6.24. The van der Waals surface area contributed by atoms with Gasteiger partial charge in [0.15, 0.2) is 0 Å². The van der Waals surface area contributed by atoms with E-state index in [0.29, 0.717) is 12.3 Å². The maximum absolute atomic E-state index is 9.66. The van der Waals surface area contributed by atoms with Gasteiger partial charge in [0.2, 0.25) is 0 Å². The van der Waals surface area contributed by atoms with Crippen molar-refractivity contribution < 1.29 is 10.2 Å². The molecule has 1 aliphatic heterocycles. The first kappa shape index (κ1) is 12.3. The highest BCUT2D eigenvalue weighted by molar-refractivity contribution is 5.45. The summed E-state index contributed by atoms with van der Waals surface area (Å²) in [4.78, 5) is 6.52. The van der Waals surface area contributed by atoms with Crippen LogP contribution in [0, 0.1) is 5.92 Å². The fourth-order valence-corrected chi connectivity index (χ4v) is 2.21. The molecular formula is C13H20N2O2. The summed E-state index contributed by atoms with van der Waals surface area (Å²) in [6.07, 6.45) is 3.07. The number of aliphatic hydroxyl groups is 2. The number of aromatic nitrogens is 1.